The molecule has 0 N–H and O–H groups in total. The number of rotatable bonds is 10. The number of ether oxygens (including phenoxy) is 2. The molecule has 0 aliphatic heterocycles. The van der Waals surface area contributed by atoms with Crippen LogP contribution >= 0.6 is 0 Å². The molecule has 3 aromatic rings. The highest BCUT2D eigenvalue weighted by Crippen LogP contribution is 2.26. The van der Waals surface area contributed by atoms with E-state index in [9.17, 15) is 9.59 Å². The van der Waals surface area contributed by atoms with Crippen molar-refractivity contribution in [2.24, 2.45) is 0 Å². The number of esters is 1. The highest BCUT2D eigenvalue weighted by Gasteiger charge is 2.19. The number of benzene rings is 2. The molecule has 2 aromatic carbocycles. The highest BCUT2D eigenvalue weighted by molar-refractivity contribution is 5.94. The molecule has 0 aliphatic carbocycles. The number of nitrogens with zero attached hydrogens (tertiary/aromatic N) is 3. The Morgan fingerprint density at radius 1 is 1.03 bits per heavy atom. The topological polar surface area (TPSA) is 73.7 Å². The summed E-state index contributed by atoms with van der Waals surface area (Å²) in [5.41, 5.74) is 2.99. The first kappa shape index (κ1) is 23.5. The van der Waals surface area contributed by atoms with Crippen LogP contribution in [0.1, 0.15) is 27.8 Å². The van der Waals surface area contributed by atoms with Crippen LogP contribution in [0, 0.1) is 0 Å². The minimum absolute atomic E-state index is 0.121. The summed E-state index contributed by atoms with van der Waals surface area (Å²) < 4.78 is 12.0. The average molecular weight is 446 g/mol. The van der Waals surface area contributed by atoms with Gasteiger partial charge in [0.15, 0.2) is 5.69 Å². The molecule has 0 unspecified atom stereocenters. The van der Waals surface area contributed by atoms with Crippen LogP contribution in [0.4, 0.5) is 0 Å². The summed E-state index contributed by atoms with van der Waals surface area (Å²) in [6.45, 7) is 10.3. The molecular weight excluding hydrogens is 418 g/mol. The molecule has 0 atom stereocenters. The van der Waals surface area contributed by atoms with Crippen LogP contribution in [-0.4, -0.2) is 53.4 Å². The number of aromatic nitrogens is 2. The molecular formula is C26H27N3O4. The van der Waals surface area contributed by atoms with Crippen molar-refractivity contribution in [3.05, 3.63) is 91.2 Å². The second-order valence-corrected chi connectivity index (χ2v) is 7.11. The van der Waals surface area contributed by atoms with Crippen molar-refractivity contribution in [2.45, 2.75) is 6.92 Å². The molecule has 0 radical (unpaired) electrons. The minimum atomic E-state index is -0.498. The van der Waals surface area contributed by atoms with E-state index < -0.39 is 5.97 Å². The molecule has 1 heterocycles. The molecule has 0 fully saturated rings. The Hall–Kier alpha value is -4.13. The summed E-state index contributed by atoms with van der Waals surface area (Å²) >= 11 is 0. The van der Waals surface area contributed by atoms with Crippen molar-refractivity contribution >= 4 is 11.9 Å². The van der Waals surface area contributed by atoms with Crippen LogP contribution in [-0.2, 0) is 4.74 Å². The Bertz CT molecular complexity index is 1120. The van der Waals surface area contributed by atoms with Crippen molar-refractivity contribution in [1.29, 1.82) is 0 Å². The van der Waals surface area contributed by atoms with E-state index in [4.69, 9.17) is 9.47 Å². The van der Waals surface area contributed by atoms with E-state index in [1.165, 1.54) is 0 Å². The zero-order valence-electron chi connectivity index (χ0n) is 18.9. The number of hydrogen-bond acceptors (Lipinski definition) is 5. The van der Waals surface area contributed by atoms with Gasteiger partial charge in [-0.25, -0.2) is 9.48 Å². The predicted molar refractivity (Wildman–Crippen MR) is 128 cm³/mol. The van der Waals surface area contributed by atoms with Crippen molar-refractivity contribution in [2.75, 3.05) is 26.8 Å². The number of amides is 1. The van der Waals surface area contributed by atoms with Crippen LogP contribution in [0.25, 0.3) is 16.9 Å². The van der Waals surface area contributed by atoms with Gasteiger partial charge in [-0.15, -0.1) is 13.2 Å². The molecule has 3 rings (SSSR count). The van der Waals surface area contributed by atoms with Gasteiger partial charge in [-0.05, 0) is 61.5 Å². The molecule has 7 heteroatoms. The van der Waals surface area contributed by atoms with Crippen LogP contribution in [0.2, 0.25) is 0 Å². The Kier molecular flexibility index (Phi) is 7.81. The van der Waals surface area contributed by atoms with Gasteiger partial charge in [0.1, 0.15) is 5.75 Å². The summed E-state index contributed by atoms with van der Waals surface area (Å²) in [5.74, 6) is 0.105. The van der Waals surface area contributed by atoms with Crippen molar-refractivity contribution in [1.82, 2.24) is 14.7 Å². The minimum Gasteiger partial charge on any atom is -0.497 e. The lowest BCUT2D eigenvalue weighted by atomic mass is 10.1. The summed E-state index contributed by atoms with van der Waals surface area (Å²) in [7, 11) is 1.60. The van der Waals surface area contributed by atoms with E-state index in [2.05, 4.69) is 18.3 Å². The number of carbonyl (C=O) groups excluding carboxylic acids is 2. The van der Waals surface area contributed by atoms with Gasteiger partial charge in [-0.1, -0.05) is 12.2 Å². The molecule has 33 heavy (non-hydrogen) atoms. The summed E-state index contributed by atoms with van der Waals surface area (Å²) in [6.07, 6.45) is 3.36. The first-order valence-electron chi connectivity index (χ1n) is 10.6. The molecule has 1 amide bonds. The van der Waals surface area contributed by atoms with Crippen molar-refractivity contribution in [3.63, 3.8) is 0 Å². The fourth-order valence-corrected chi connectivity index (χ4v) is 3.33. The third-order valence-corrected chi connectivity index (χ3v) is 4.92. The predicted octanol–water partition coefficient (Wildman–Crippen LogP) is 4.54. The number of hydrogen-bond donors (Lipinski definition) is 0. The van der Waals surface area contributed by atoms with E-state index in [0.29, 0.717) is 30.0 Å². The summed E-state index contributed by atoms with van der Waals surface area (Å²) in [6, 6.07) is 16.2. The standard InChI is InChI=1S/C26H27N3O4/c1-5-16-28(17-6-2)25(30)20-8-12-21(13-9-20)29-24(18-23(27-29)26(31)33-7-3)19-10-14-22(32-4)15-11-19/h5-6,8-15,18H,1-2,7,16-17H2,3-4H3. The maximum absolute atomic E-state index is 12.8. The smallest absolute Gasteiger partial charge is 0.358 e. The van der Waals surface area contributed by atoms with Crippen LogP contribution < -0.4 is 4.74 Å². The second-order valence-electron chi connectivity index (χ2n) is 7.11. The van der Waals surface area contributed by atoms with Crippen LogP contribution in [0.5, 0.6) is 5.75 Å². The molecule has 1 aromatic heterocycles. The van der Waals surface area contributed by atoms with Gasteiger partial charge in [0.2, 0.25) is 0 Å². The van der Waals surface area contributed by atoms with Gasteiger partial charge < -0.3 is 14.4 Å². The molecule has 7 nitrogen and oxygen atoms in total. The van der Waals surface area contributed by atoms with E-state index in [-0.39, 0.29) is 18.2 Å². The Morgan fingerprint density at radius 2 is 1.67 bits per heavy atom. The largest absolute Gasteiger partial charge is 0.497 e. The lowest BCUT2D eigenvalue weighted by Gasteiger charge is -2.19. The number of carbonyl (C=O) groups is 2. The Labute approximate surface area is 193 Å². The highest BCUT2D eigenvalue weighted by atomic mass is 16.5. The monoisotopic (exact) mass is 445 g/mol. The quantitative estimate of drug-likeness (QED) is 0.338. The summed E-state index contributed by atoms with van der Waals surface area (Å²) in [4.78, 5) is 26.8. The maximum atomic E-state index is 12.8. The van der Waals surface area contributed by atoms with Crippen LogP contribution in [0.15, 0.2) is 79.9 Å². The molecule has 0 saturated carbocycles. The summed E-state index contributed by atoms with van der Waals surface area (Å²) in [5, 5.41) is 4.48. The fourth-order valence-electron chi connectivity index (χ4n) is 3.33. The van der Waals surface area contributed by atoms with Gasteiger partial charge in [0.05, 0.1) is 25.1 Å². The Balaban J connectivity index is 1.99. The molecule has 170 valence electrons. The van der Waals surface area contributed by atoms with E-state index >= 15 is 0 Å². The Morgan fingerprint density at radius 3 is 2.21 bits per heavy atom. The third kappa shape index (κ3) is 5.38. The third-order valence-electron chi connectivity index (χ3n) is 4.92. The normalized spacial score (nSPS) is 10.4. The first-order chi connectivity index (χ1) is 16.0. The first-order valence-corrected chi connectivity index (χ1v) is 10.6. The SMILES string of the molecule is C=CCN(CC=C)C(=O)c1ccc(-n2nc(C(=O)OCC)cc2-c2ccc(OC)cc2)cc1. The lowest BCUT2D eigenvalue weighted by Crippen LogP contribution is -2.31. The van der Waals surface area contributed by atoms with Crippen molar-refractivity contribution < 1.29 is 19.1 Å². The average Bonchev–Trinajstić information content (AvgIpc) is 3.29. The molecule has 0 aliphatic rings. The van der Waals surface area contributed by atoms with Crippen LogP contribution in [0.3, 0.4) is 0 Å². The van der Waals surface area contributed by atoms with Gasteiger partial charge in [-0.2, -0.15) is 5.10 Å². The molecule has 0 bridgehead atoms. The van der Waals surface area contributed by atoms with E-state index in [1.54, 1.807) is 66.1 Å². The maximum Gasteiger partial charge on any atom is 0.358 e. The molecule has 0 saturated heterocycles. The van der Waals surface area contributed by atoms with Gasteiger partial charge in [-0.3, -0.25) is 4.79 Å². The van der Waals surface area contributed by atoms with E-state index in [0.717, 1.165) is 11.3 Å². The van der Waals surface area contributed by atoms with Gasteiger partial charge in [0, 0.05) is 24.2 Å². The number of methoxy groups -OCH3 is 1. The van der Waals surface area contributed by atoms with E-state index in [1.807, 2.05) is 24.3 Å². The van der Waals surface area contributed by atoms with Gasteiger partial charge >= 0.3 is 5.97 Å². The second kappa shape index (κ2) is 10.9. The zero-order chi connectivity index (χ0) is 23.8. The van der Waals surface area contributed by atoms with Crippen molar-refractivity contribution in [3.8, 4) is 22.7 Å². The van der Waals surface area contributed by atoms with Gasteiger partial charge in [0.25, 0.3) is 5.91 Å². The fraction of sp³-hybridized carbons (Fsp3) is 0.192. The molecule has 0 spiro atoms. The lowest BCUT2D eigenvalue weighted by molar-refractivity contribution is 0.0518. The zero-order valence-corrected chi connectivity index (χ0v) is 18.9.